The van der Waals surface area contributed by atoms with Crippen molar-refractivity contribution in [1.82, 2.24) is 15.2 Å². The maximum atomic E-state index is 12.7. The van der Waals surface area contributed by atoms with Crippen LogP contribution in [0.5, 0.6) is 0 Å². The van der Waals surface area contributed by atoms with Gasteiger partial charge in [0.2, 0.25) is 5.91 Å². The van der Waals surface area contributed by atoms with Crippen LogP contribution in [0.1, 0.15) is 52.1 Å². The third-order valence-electron chi connectivity index (χ3n) is 5.76. The molecule has 1 aromatic heterocycles. The minimum absolute atomic E-state index is 0.144. The molecule has 0 spiro atoms. The standard InChI is InChI=1S/C23H26N4O3/c1-14-19(13-17-16-7-3-4-8-18(16)26-22(17)29)25-15(2)21(14)23(30)24-10-6-12-27-11-5-9-20(27)28/h3-4,7-8,13,25H,5-6,9-12H2,1-2H3,(H,24,30)(H,26,29)/b17-13-. The molecule has 0 atom stereocenters. The fraction of sp³-hybridized carbons (Fsp3) is 0.348. The van der Waals surface area contributed by atoms with Gasteiger partial charge in [0.05, 0.1) is 11.1 Å². The number of hydrogen-bond acceptors (Lipinski definition) is 3. The number of aryl methyl sites for hydroxylation is 1. The van der Waals surface area contributed by atoms with Crippen molar-refractivity contribution in [2.75, 3.05) is 25.0 Å². The van der Waals surface area contributed by atoms with Gasteiger partial charge in [0.25, 0.3) is 11.8 Å². The largest absolute Gasteiger partial charge is 0.358 e. The summed E-state index contributed by atoms with van der Waals surface area (Å²) in [7, 11) is 0. The second-order valence-corrected chi connectivity index (χ2v) is 7.82. The molecule has 3 heterocycles. The lowest BCUT2D eigenvalue weighted by Crippen LogP contribution is -2.31. The van der Waals surface area contributed by atoms with Gasteiger partial charge in [-0.2, -0.15) is 0 Å². The minimum Gasteiger partial charge on any atom is -0.358 e. The third-order valence-corrected chi connectivity index (χ3v) is 5.76. The average molecular weight is 406 g/mol. The van der Waals surface area contributed by atoms with E-state index in [1.165, 1.54) is 0 Å². The zero-order chi connectivity index (χ0) is 21.3. The van der Waals surface area contributed by atoms with Crippen molar-refractivity contribution in [3.8, 4) is 0 Å². The molecular formula is C23H26N4O3. The first-order valence-electron chi connectivity index (χ1n) is 10.3. The lowest BCUT2D eigenvalue weighted by Gasteiger charge is -2.15. The van der Waals surface area contributed by atoms with Crippen LogP contribution in [0.25, 0.3) is 11.6 Å². The summed E-state index contributed by atoms with van der Waals surface area (Å²) in [6.07, 6.45) is 4.09. The Morgan fingerprint density at radius 2 is 2.03 bits per heavy atom. The molecule has 1 aromatic carbocycles. The number of likely N-dealkylation sites (tertiary alicyclic amines) is 1. The van der Waals surface area contributed by atoms with Gasteiger partial charge in [-0.05, 0) is 44.4 Å². The summed E-state index contributed by atoms with van der Waals surface area (Å²) in [5.41, 5.74) is 5.16. The SMILES string of the molecule is Cc1[nH]c(/C=C2\C(=O)Nc3ccccc32)c(C)c1C(=O)NCCCN1CCCC1=O. The van der Waals surface area contributed by atoms with E-state index in [1.807, 2.05) is 43.0 Å². The molecule has 2 aromatic rings. The molecule has 0 unspecified atom stereocenters. The van der Waals surface area contributed by atoms with Gasteiger partial charge in [-0.25, -0.2) is 0 Å². The molecule has 3 N–H and O–H groups in total. The van der Waals surface area contributed by atoms with Gasteiger partial charge in [0.1, 0.15) is 0 Å². The van der Waals surface area contributed by atoms with Gasteiger partial charge in [-0.15, -0.1) is 0 Å². The average Bonchev–Trinajstić information content (AvgIpc) is 3.35. The number of nitrogens with one attached hydrogen (secondary N) is 3. The Kier molecular flexibility index (Phi) is 5.44. The zero-order valence-electron chi connectivity index (χ0n) is 17.3. The number of para-hydroxylation sites is 1. The summed E-state index contributed by atoms with van der Waals surface area (Å²) in [6, 6.07) is 7.56. The number of benzene rings is 1. The Bertz CT molecular complexity index is 1050. The van der Waals surface area contributed by atoms with E-state index in [2.05, 4.69) is 15.6 Å². The molecule has 156 valence electrons. The van der Waals surface area contributed by atoms with Crippen LogP contribution in [0.15, 0.2) is 24.3 Å². The highest BCUT2D eigenvalue weighted by atomic mass is 16.2. The molecule has 2 aliphatic heterocycles. The molecule has 0 radical (unpaired) electrons. The first-order chi connectivity index (χ1) is 14.5. The lowest BCUT2D eigenvalue weighted by atomic mass is 10.0. The molecule has 3 amide bonds. The monoisotopic (exact) mass is 406 g/mol. The maximum Gasteiger partial charge on any atom is 0.256 e. The molecule has 0 saturated carbocycles. The van der Waals surface area contributed by atoms with Gasteiger partial charge in [-0.3, -0.25) is 14.4 Å². The third kappa shape index (κ3) is 3.75. The van der Waals surface area contributed by atoms with Crippen molar-refractivity contribution < 1.29 is 14.4 Å². The van der Waals surface area contributed by atoms with Crippen molar-refractivity contribution in [1.29, 1.82) is 0 Å². The number of hydrogen-bond donors (Lipinski definition) is 3. The number of aromatic nitrogens is 1. The Morgan fingerprint density at radius 3 is 2.80 bits per heavy atom. The minimum atomic E-state index is -0.148. The summed E-state index contributed by atoms with van der Waals surface area (Å²) in [5, 5.41) is 5.82. The first-order valence-corrected chi connectivity index (χ1v) is 10.3. The van der Waals surface area contributed by atoms with E-state index in [0.717, 1.165) is 47.6 Å². The molecule has 0 bridgehead atoms. The highest BCUT2D eigenvalue weighted by Crippen LogP contribution is 2.33. The van der Waals surface area contributed by atoms with Crippen LogP contribution in [-0.2, 0) is 9.59 Å². The highest BCUT2D eigenvalue weighted by molar-refractivity contribution is 6.34. The Labute approximate surface area is 175 Å². The van der Waals surface area contributed by atoms with Gasteiger partial charge < -0.3 is 20.5 Å². The molecule has 7 nitrogen and oxygen atoms in total. The summed E-state index contributed by atoms with van der Waals surface area (Å²) >= 11 is 0. The molecule has 0 aliphatic carbocycles. The number of amides is 3. The van der Waals surface area contributed by atoms with Crippen LogP contribution in [0.2, 0.25) is 0 Å². The summed E-state index contributed by atoms with van der Waals surface area (Å²) in [4.78, 5) is 41.9. The van der Waals surface area contributed by atoms with E-state index in [4.69, 9.17) is 0 Å². The molecule has 1 fully saturated rings. The maximum absolute atomic E-state index is 12.7. The van der Waals surface area contributed by atoms with Crippen molar-refractivity contribution in [2.24, 2.45) is 0 Å². The number of H-pyrrole nitrogens is 1. The zero-order valence-corrected chi connectivity index (χ0v) is 17.3. The Balaban J connectivity index is 1.45. The molecule has 7 heteroatoms. The summed E-state index contributed by atoms with van der Waals surface area (Å²) < 4.78 is 0. The number of fused-ring (bicyclic) bond motifs is 1. The predicted octanol–water partition coefficient (Wildman–Crippen LogP) is 2.87. The highest BCUT2D eigenvalue weighted by Gasteiger charge is 2.25. The van der Waals surface area contributed by atoms with Crippen LogP contribution in [-0.4, -0.2) is 47.2 Å². The smallest absolute Gasteiger partial charge is 0.256 e. The number of nitrogens with zero attached hydrogens (tertiary/aromatic N) is 1. The normalized spacial score (nSPS) is 16.9. The van der Waals surface area contributed by atoms with Crippen LogP contribution in [0, 0.1) is 13.8 Å². The number of aromatic amines is 1. The number of carbonyl (C=O) groups is 3. The topological polar surface area (TPSA) is 94.3 Å². The predicted molar refractivity (Wildman–Crippen MR) is 116 cm³/mol. The van der Waals surface area contributed by atoms with E-state index in [1.54, 1.807) is 6.08 Å². The fourth-order valence-corrected chi connectivity index (χ4v) is 4.19. The van der Waals surface area contributed by atoms with Crippen LogP contribution < -0.4 is 10.6 Å². The van der Waals surface area contributed by atoms with Crippen molar-refractivity contribution in [2.45, 2.75) is 33.1 Å². The molecule has 1 saturated heterocycles. The number of anilines is 1. The van der Waals surface area contributed by atoms with E-state index >= 15 is 0 Å². The second-order valence-electron chi connectivity index (χ2n) is 7.82. The Morgan fingerprint density at radius 1 is 1.23 bits per heavy atom. The van der Waals surface area contributed by atoms with Gasteiger partial charge in [0, 0.05) is 48.7 Å². The van der Waals surface area contributed by atoms with Crippen LogP contribution in [0.3, 0.4) is 0 Å². The van der Waals surface area contributed by atoms with E-state index in [9.17, 15) is 14.4 Å². The first kappa shape index (κ1) is 19.9. The fourth-order valence-electron chi connectivity index (χ4n) is 4.19. The molecule has 30 heavy (non-hydrogen) atoms. The van der Waals surface area contributed by atoms with Crippen molar-refractivity contribution >= 4 is 35.1 Å². The molecule has 4 rings (SSSR count). The van der Waals surface area contributed by atoms with Gasteiger partial charge in [0.15, 0.2) is 0 Å². The Hall–Kier alpha value is -3.35. The number of rotatable bonds is 6. The van der Waals surface area contributed by atoms with Crippen LogP contribution >= 0.6 is 0 Å². The number of carbonyl (C=O) groups excluding carboxylic acids is 3. The van der Waals surface area contributed by atoms with E-state index < -0.39 is 0 Å². The van der Waals surface area contributed by atoms with Crippen molar-refractivity contribution in [3.63, 3.8) is 0 Å². The van der Waals surface area contributed by atoms with E-state index in [0.29, 0.717) is 30.6 Å². The summed E-state index contributed by atoms with van der Waals surface area (Å²) in [6.45, 7) is 5.74. The molecular weight excluding hydrogens is 380 g/mol. The molecule has 2 aliphatic rings. The quantitative estimate of drug-likeness (QED) is 0.509. The van der Waals surface area contributed by atoms with Gasteiger partial charge in [-0.1, -0.05) is 18.2 Å². The lowest BCUT2D eigenvalue weighted by molar-refractivity contribution is -0.127. The van der Waals surface area contributed by atoms with Crippen LogP contribution in [0.4, 0.5) is 5.69 Å². The second kappa shape index (κ2) is 8.18. The van der Waals surface area contributed by atoms with E-state index in [-0.39, 0.29) is 17.7 Å². The van der Waals surface area contributed by atoms with Crippen molar-refractivity contribution in [3.05, 3.63) is 52.3 Å². The summed E-state index contributed by atoms with van der Waals surface area (Å²) in [5.74, 6) is -0.0888. The van der Waals surface area contributed by atoms with Gasteiger partial charge >= 0.3 is 0 Å².